The minimum Gasteiger partial charge on any atom is -0.302 e. The van der Waals surface area contributed by atoms with Crippen molar-refractivity contribution in [2.45, 2.75) is 25.4 Å². The summed E-state index contributed by atoms with van der Waals surface area (Å²) in [6.07, 6.45) is 0.967. The summed E-state index contributed by atoms with van der Waals surface area (Å²) in [6.45, 7) is 0.619. The number of benzene rings is 2. The van der Waals surface area contributed by atoms with Gasteiger partial charge in [-0.25, -0.2) is 0 Å². The van der Waals surface area contributed by atoms with Gasteiger partial charge in [-0.05, 0) is 22.8 Å². The number of rotatable bonds is 3. The number of piperidine rings is 1. The standard InChI is InChI=1S/C16H16N2O2/c19-15-9-8-14(16(20)18-15)17-10-12-6-3-5-11-4-1-2-7-13(11)12/h1-7,14,17H,8-10H2,(H,18,19,20). The second-order valence-electron chi connectivity index (χ2n) is 5.02. The van der Waals surface area contributed by atoms with Crippen molar-refractivity contribution in [1.29, 1.82) is 0 Å². The van der Waals surface area contributed by atoms with Gasteiger partial charge in [-0.3, -0.25) is 14.9 Å². The third-order valence-corrected chi connectivity index (χ3v) is 3.66. The first-order chi connectivity index (χ1) is 9.74. The number of carbonyl (C=O) groups is 2. The average Bonchev–Trinajstić information content (AvgIpc) is 2.46. The summed E-state index contributed by atoms with van der Waals surface area (Å²) in [5.41, 5.74) is 1.16. The van der Waals surface area contributed by atoms with Crippen LogP contribution >= 0.6 is 0 Å². The maximum Gasteiger partial charge on any atom is 0.243 e. The lowest BCUT2D eigenvalue weighted by atomic mass is 10.0. The van der Waals surface area contributed by atoms with Gasteiger partial charge in [-0.15, -0.1) is 0 Å². The van der Waals surface area contributed by atoms with Crippen LogP contribution in [0.3, 0.4) is 0 Å². The van der Waals surface area contributed by atoms with Crippen LogP contribution in [-0.4, -0.2) is 17.9 Å². The molecule has 3 rings (SSSR count). The SMILES string of the molecule is O=C1CCC(NCc2cccc3ccccc23)C(=O)N1. The summed E-state index contributed by atoms with van der Waals surface area (Å²) in [5.74, 6) is -0.403. The third-order valence-electron chi connectivity index (χ3n) is 3.66. The van der Waals surface area contributed by atoms with E-state index in [9.17, 15) is 9.59 Å². The molecule has 102 valence electrons. The zero-order valence-corrected chi connectivity index (χ0v) is 11.1. The predicted octanol–water partition coefficient (Wildman–Crippen LogP) is 1.73. The fourth-order valence-corrected chi connectivity index (χ4v) is 2.57. The first-order valence-corrected chi connectivity index (χ1v) is 6.78. The van der Waals surface area contributed by atoms with Crippen LogP contribution in [0.5, 0.6) is 0 Å². The van der Waals surface area contributed by atoms with E-state index < -0.39 is 0 Å². The summed E-state index contributed by atoms with van der Waals surface area (Å²) >= 11 is 0. The van der Waals surface area contributed by atoms with Crippen molar-refractivity contribution in [1.82, 2.24) is 10.6 Å². The molecule has 1 aliphatic heterocycles. The molecule has 1 heterocycles. The maximum atomic E-state index is 11.7. The van der Waals surface area contributed by atoms with Crippen LogP contribution in [0.15, 0.2) is 42.5 Å². The Morgan fingerprint density at radius 1 is 1.10 bits per heavy atom. The molecule has 4 heteroatoms. The van der Waals surface area contributed by atoms with Crippen molar-refractivity contribution in [2.75, 3.05) is 0 Å². The van der Waals surface area contributed by atoms with Crippen molar-refractivity contribution in [3.05, 3.63) is 48.0 Å². The molecule has 20 heavy (non-hydrogen) atoms. The van der Waals surface area contributed by atoms with E-state index in [4.69, 9.17) is 0 Å². The smallest absolute Gasteiger partial charge is 0.243 e. The lowest BCUT2D eigenvalue weighted by Gasteiger charge is -2.22. The van der Waals surface area contributed by atoms with E-state index in [1.165, 1.54) is 10.8 Å². The first-order valence-electron chi connectivity index (χ1n) is 6.78. The molecule has 2 N–H and O–H groups in total. The summed E-state index contributed by atoms with van der Waals surface area (Å²) in [4.78, 5) is 22.8. The normalized spacial score (nSPS) is 19.1. The summed E-state index contributed by atoms with van der Waals surface area (Å²) in [6, 6.07) is 14.0. The summed E-state index contributed by atoms with van der Waals surface area (Å²) < 4.78 is 0. The highest BCUT2D eigenvalue weighted by Gasteiger charge is 2.25. The van der Waals surface area contributed by atoms with Crippen LogP contribution in [0, 0.1) is 0 Å². The molecule has 1 aliphatic rings. The molecule has 1 unspecified atom stereocenters. The minimum atomic E-state index is -0.285. The van der Waals surface area contributed by atoms with Gasteiger partial charge >= 0.3 is 0 Å². The number of fused-ring (bicyclic) bond motifs is 1. The molecule has 0 radical (unpaired) electrons. The largest absolute Gasteiger partial charge is 0.302 e. The maximum absolute atomic E-state index is 11.7. The van der Waals surface area contributed by atoms with Gasteiger partial charge in [0.2, 0.25) is 11.8 Å². The lowest BCUT2D eigenvalue weighted by molar-refractivity contribution is -0.134. The predicted molar refractivity (Wildman–Crippen MR) is 77.0 cm³/mol. The van der Waals surface area contributed by atoms with Crippen LogP contribution in [-0.2, 0) is 16.1 Å². The first kappa shape index (κ1) is 12.8. The van der Waals surface area contributed by atoms with Crippen LogP contribution in [0.2, 0.25) is 0 Å². The summed E-state index contributed by atoms with van der Waals surface area (Å²) in [7, 11) is 0. The number of carbonyl (C=O) groups excluding carboxylic acids is 2. The zero-order chi connectivity index (χ0) is 13.9. The molecule has 0 spiro atoms. The Balaban J connectivity index is 1.74. The molecule has 1 fully saturated rings. The minimum absolute atomic E-state index is 0.182. The second-order valence-corrected chi connectivity index (χ2v) is 5.02. The van der Waals surface area contributed by atoms with E-state index >= 15 is 0 Å². The van der Waals surface area contributed by atoms with Crippen molar-refractivity contribution >= 4 is 22.6 Å². The Morgan fingerprint density at radius 3 is 2.75 bits per heavy atom. The monoisotopic (exact) mass is 268 g/mol. The molecule has 0 aromatic heterocycles. The second kappa shape index (κ2) is 5.43. The van der Waals surface area contributed by atoms with Crippen LogP contribution in [0.25, 0.3) is 10.8 Å². The molecular weight excluding hydrogens is 252 g/mol. The number of hydrogen-bond acceptors (Lipinski definition) is 3. The lowest BCUT2D eigenvalue weighted by Crippen LogP contribution is -2.50. The van der Waals surface area contributed by atoms with E-state index in [0.29, 0.717) is 19.4 Å². The average molecular weight is 268 g/mol. The van der Waals surface area contributed by atoms with Gasteiger partial charge in [-0.2, -0.15) is 0 Å². The highest BCUT2D eigenvalue weighted by molar-refractivity contribution is 6.00. The molecule has 2 aromatic carbocycles. The molecule has 2 aromatic rings. The van der Waals surface area contributed by atoms with Gasteiger partial charge in [0.15, 0.2) is 0 Å². The Hall–Kier alpha value is -2.20. The van der Waals surface area contributed by atoms with Gasteiger partial charge in [0.25, 0.3) is 0 Å². The van der Waals surface area contributed by atoms with Crippen LogP contribution in [0.1, 0.15) is 18.4 Å². The molecular formula is C16H16N2O2. The fraction of sp³-hybridized carbons (Fsp3) is 0.250. The highest BCUT2D eigenvalue weighted by atomic mass is 16.2. The van der Waals surface area contributed by atoms with Gasteiger partial charge < -0.3 is 5.32 Å². The Bertz CT molecular complexity index is 661. The molecule has 0 aliphatic carbocycles. The summed E-state index contributed by atoms with van der Waals surface area (Å²) in [5, 5.41) is 7.98. The van der Waals surface area contributed by atoms with Gasteiger partial charge in [-0.1, -0.05) is 42.5 Å². The van der Waals surface area contributed by atoms with Crippen molar-refractivity contribution in [3.63, 3.8) is 0 Å². The van der Waals surface area contributed by atoms with E-state index in [2.05, 4.69) is 34.9 Å². The number of imide groups is 1. The van der Waals surface area contributed by atoms with E-state index in [0.717, 1.165) is 5.56 Å². The van der Waals surface area contributed by atoms with Gasteiger partial charge in [0, 0.05) is 13.0 Å². The Kier molecular flexibility index (Phi) is 3.48. The van der Waals surface area contributed by atoms with Crippen LogP contribution in [0.4, 0.5) is 0 Å². The zero-order valence-electron chi connectivity index (χ0n) is 11.1. The van der Waals surface area contributed by atoms with Crippen molar-refractivity contribution in [2.24, 2.45) is 0 Å². The van der Waals surface area contributed by atoms with E-state index in [1.807, 2.05) is 18.2 Å². The highest BCUT2D eigenvalue weighted by Crippen LogP contribution is 2.18. The molecule has 0 saturated carbocycles. The van der Waals surface area contributed by atoms with Crippen LogP contribution < -0.4 is 10.6 Å². The van der Waals surface area contributed by atoms with E-state index in [-0.39, 0.29) is 17.9 Å². The number of nitrogens with one attached hydrogen (secondary N) is 2. The Labute approximate surface area is 117 Å². The molecule has 0 bridgehead atoms. The van der Waals surface area contributed by atoms with Crippen molar-refractivity contribution < 1.29 is 9.59 Å². The number of amides is 2. The number of hydrogen-bond donors (Lipinski definition) is 2. The Morgan fingerprint density at radius 2 is 1.90 bits per heavy atom. The molecule has 1 saturated heterocycles. The van der Waals surface area contributed by atoms with Gasteiger partial charge in [0.05, 0.1) is 6.04 Å². The fourth-order valence-electron chi connectivity index (χ4n) is 2.57. The van der Waals surface area contributed by atoms with Crippen molar-refractivity contribution in [3.8, 4) is 0 Å². The molecule has 1 atom stereocenters. The van der Waals surface area contributed by atoms with Gasteiger partial charge in [0.1, 0.15) is 0 Å². The topological polar surface area (TPSA) is 58.2 Å². The quantitative estimate of drug-likeness (QED) is 0.834. The molecule has 2 amide bonds. The van der Waals surface area contributed by atoms with E-state index in [1.54, 1.807) is 0 Å². The third kappa shape index (κ3) is 2.56. The molecule has 4 nitrogen and oxygen atoms in total.